The Labute approximate surface area is 208 Å². The first kappa shape index (κ1) is 25.1. The van der Waals surface area contributed by atoms with E-state index in [0.717, 1.165) is 29.8 Å². The number of rotatable bonds is 7. The first-order valence-electron chi connectivity index (χ1n) is 12.3. The van der Waals surface area contributed by atoms with Crippen molar-refractivity contribution in [3.8, 4) is 0 Å². The third kappa shape index (κ3) is 5.02. The molecule has 7 nitrogen and oxygen atoms in total. The number of carbonyl (C=O) groups is 3. The number of amides is 3. The molecule has 4 rings (SSSR count). The van der Waals surface area contributed by atoms with E-state index in [-0.39, 0.29) is 36.6 Å². The van der Waals surface area contributed by atoms with E-state index in [9.17, 15) is 14.4 Å². The molecule has 2 aliphatic rings. The number of piperazine rings is 1. The number of likely N-dealkylation sites (N-methyl/N-ethyl adjacent to an activating group) is 2. The number of nitrogens with zero attached hydrogens (tertiary/aromatic N) is 4. The van der Waals surface area contributed by atoms with Gasteiger partial charge in [0.25, 0.3) is 0 Å². The summed E-state index contributed by atoms with van der Waals surface area (Å²) >= 11 is 0. The highest BCUT2D eigenvalue weighted by Gasteiger charge is 2.54. The Bertz CT molecular complexity index is 1090. The molecule has 2 aromatic carbocycles. The Kier molecular flexibility index (Phi) is 7.38. The molecule has 186 valence electrons. The molecule has 0 spiro atoms. The Morgan fingerprint density at radius 3 is 2.40 bits per heavy atom. The fourth-order valence-electron chi connectivity index (χ4n) is 5.42. The number of aryl methyl sites for hydroxylation is 1. The van der Waals surface area contributed by atoms with Gasteiger partial charge in [-0.15, -0.1) is 0 Å². The largest absolute Gasteiger partial charge is 0.333 e. The SMILES string of the molecule is Cc1ccccc1[C@@]1(CC(=O)N2CCN(C)C[C@@H]2c2ccccc2)CC(=O)N(CCN(C)C)C1=O. The van der Waals surface area contributed by atoms with Crippen LogP contribution in [0.25, 0.3) is 0 Å². The monoisotopic (exact) mass is 476 g/mol. The Hall–Kier alpha value is -3.03. The minimum absolute atomic E-state index is 0.00601. The van der Waals surface area contributed by atoms with Gasteiger partial charge >= 0.3 is 0 Å². The molecule has 2 aliphatic heterocycles. The smallest absolute Gasteiger partial charge is 0.240 e. The maximum absolute atomic E-state index is 14.0. The van der Waals surface area contributed by atoms with E-state index < -0.39 is 5.41 Å². The number of imide groups is 1. The summed E-state index contributed by atoms with van der Waals surface area (Å²) in [6.45, 7) is 4.95. The third-order valence-corrected chi connectivity index (χ3v) is 7.38. The molecule has 2 heterocycles. The highest BCUT2D eigenvalue weighted by atomic mass is 16.2. The molecule has 0 N–H and O–H groups in total. The van der Waals surface area contributed by atoms with E-state index in [1.165, 1.54) is 4.90 Å². The van der Waals surface area contributed by atoms with Crippen LogP contribution in [0.1, 0.15) is 35.6 Å². The summed E-state index contributed by atoms with van der Waals surface area (Å²) in [5, 5.41) is 0. The number of hydrogen-bond donors (Lipinski definition) is 0. The first-order chi connectivity index (χ1) is 16.7. The zero-order valence-electron chi connectivity index (χ0n) is 21.2. The van der Waals surface area contributed by atoms with Crippen molar-refractivity contribution in [2.45, 2.75) is 31.2 Å². The second-order valence-corrected chi connectivity index (χ2v) is 10.2. The van der Waals surface area contributed by atoms with Crippen LogP contribution in [0.15, 0.2) is 54.6 Å². The van der Waals surface area contributed by atoms with Gasteiger partial charge in [0.2, 0.25) is 17.7 Å². The van der Waals surface area contributed by atoms with Crippen LogP contribution >= 0.6 is 0 Å². The van der Waals surface area contributed by atoms with Gasteiger partial charge in [-0.2, -0.15) is 0 Å². The van der Waals surface area contributed by atoms with Crippen molar-refractivity contribution in [2.24, 2.45) is 0 Å². The van der Waals surface area contributed by atoms with Crippen LogP contribution in [0.3, 0.4) is 0 Å². The molecular weight excluding hydrogens is 440 g/mol. The molecule has 0 aromatic heterocycles. The minimum atomic E-state index is -1.17. The summed E-state index contributed by atoms with van der Waals surface area (Å²) in [4.78, 5) is 48.5. The van der Waals surface area contributed by atoms with E-state index in [1.807, 2.05) is 73.3 Å². The Morgan fingerprint density at radius 1 is 1.03 bits per heavy atom. The van der Waals surface area contributed by atoms with Gasteiger partial charge in [-0.1, -0.05) is 54.6 Å². The Morgan fingerprint density at radius 2 is 1.71 bits per heavy atom. The fourth-order valence-corrected chi connectivity index (χ4v) is 5.42. The average molecular weight is 477 g/mol. The van der Waals surface area contributed by atoms with Gasteiger partial charge in [-0.05, 0) is 44.8 Å². The summed E-state index contributed by atoms with van der Waals surface area (Å²) in [6, 6.07) is 17.6. The summed E-state index contributed by atoms with van der Waals surface area (Å²) < 4.78 is 0. The zero-order valence-corrected chi connectivity index (χ0v) is 21.2. The summed E-state index contributed by atoms with van der Waals surface area (Å²) in [5.74, 6) is -0.533. The van der Waals surface area contributed by atoms with Gasteiger partial charge in [0.1, 0.15) is 0 Å². The molecule has 0 aliphatic carbocycles. The predicted molar refractivity (Wildman–Crippen MR) is 136 cm³/mol. The van der Waals surface area contributed by atoms with Crippen LogP contribution in [0, 0.1) is 6.92 Å². The molecule has 0 saturated carbocycles. The minimum Gasteiger partial charge on any atom is -0.333 e. The number of likely N-dealkylation sites (tertiary alicyclic amines) is 1. The van der Waals surface area contributed by atoms with Gasteiger partial charge < -0.3 is 14.7 Å². The molecule has 0 radical (unpaired) electrons. The van der Waals surface area contributed by atoms with E-state index >= 15 is 0 Å². The fraction of sp³-hybridized carbons (Fsp3) is 0.464. The third-order valence-electron chi connectivity index (χ3n) is 7.38. The lowest BCUT2D eigenvalue weighted by atomic mass is 9.73. The number of hydrogen-bond acceptors (Lipinski definition) is 5. The number of carbonyl (C=O) groups excluding carboxylic acids is 3. The molecule has 2 atom stereocenters. The lowest BCUT2D eigenvalue weighted by molar-refractivity contribution is -0.144. The number of benzene rings is 2. The highest BCUT2D eigenvalue weighted by molar-refractivity contribution is 6.11. The second kappa shape index (κ2) is 10.3. The molecule has 0 unspecified atom stereocenters. The van der Waals surface area contributed by atoms with Crippen molar-refractivity contribution < 1.29 is 14.4 Å². The van der Waals surface area contributed by atoms with Crippen LogP contribution < -0.4 is 0 Å². The summed E-state index contributed by atoms with van der Waals surface area (Å²) in [5.41, 5.74) is 1.62. The highest BCUT2D eigenvalue weighted by Crippen LogP contribution is 2.42. The van der Waals surface area contributed by atoms with E-state index in [0.29, 0.717) is 19.6 Å². The van der Waals surface area contributed by atoms with Gasteiger partial charge in [0.15, 0.2) is 0 Å². The van der Waals surface area contributed by atoms with Crippen molar-refractivity contribution in [3.63, 3.8) is 0 Å². The lowest BCUT2D eigenvalue weighted by Crippen LogP contribution is -2.51. The molecule has 2 aromatic rings. The molecule has 3 amide bonds. The van der Waals surface area contributed by atoms with Crippen LogP contribution in [-0.2, 0) is 19.8 Å². The molecular formula is C28H36N4O3. The van der Waals surface area contributed by atoms with Gasteiger partial charge in [-0.3, -0.25) is 19.3 Å². The van der Waals surface area contributed by atoms with E-state index in [4.69, 9.17) is 0 Å². The zero-order chi connectivity index (χ0) is 25.2. The summed E-state index contributed by atoms with van der Waals surface area (Å²) in [6.07, 6.45) is 0.0214. The van der Waals surface area contributed by atoms with Crippen molar-refractivity contribution in [2.75, 3.05) is 53.9 Å². The first-order valence-corrected chi connectivity index (χ1v) is 12.3. The maximum atomic E-state index is 14.0. The van der Waals surface area contributed by atoms with Crippen LogP contribution in [0.4, 0.5) is 0 Å². The second-order valence-electron chi connectivity index (χ2n) is 10.2. The maximum Gasteiger partial charge on any atom is 0.240 e. The van der Waals surface area contributed by atoms with E-state index in [1.54, 1.807) is 0 Å². The molecule has 35 heavy (non-hydrogen) atoms. The van der Waals surface area contributed by atoms with Crippen molar-refractivity contribution in [1.29, 1.82) is 0 Å². The van der Waals surface area contributed by atoms with Crippen molar-refractivity contribution >= 4 is 17.7 Å². The quantitative estimate of drug-likeness (QED) is 0.575. The van der Waals surface area contributed by atoms with Gasteiger partial charge in [0, 0.05) is 45.6 Å². The molecule has 2 fully saturated rings. The van der Waals surface area contributed by atoms with Crippen molar-refractivity contribution in [3.05, 3.63) is 71.3 Å². The topological polar surface area (TPSA) is 64.2 Å². The van der Waals surface area contributed by atoms with Gasteiger partial charge in [-0.25, -0.2) is 0 Å². The van der Waals surface area contributed by atoms with Crippen LogP contribution in [-0.4, -0.2) is 91.2 Å². The summed E-state index contributed by atoms with van der Waals surface area (Å²) in [7, 11) is 5.90. The predicted octanol–water partition coefficient (Wildman–Crippen LogP) is 2.46. The van der Waals surface area contributed by atoms with Crippen LogP contribution in [0.5, 0.6) is 0 Å². The average Bonchev–Trinajstić information content (AvgIpc) is 3.07. The Balaban J connectivity index is 1.69. The molecule has 2 saturated heterocycles. The lowest BCUT2D eigenvalue weighted by Gasteiger charge is -2.42. The normalized spacial score (nSPS) is 23.4. The van der Waals surface area contributed by atoms with Crippen molar-refractivity contribution in [1.82, 2.24) is 19.6 Å². The van der Waals surface area contributed by atoms with E-state index in [2.05, 4.69) is 24.1 Å². The molecule has 7 heteroatoms. The van der Waals surface area contributed by atoms with Crippen LogP contribution in [0.2, 0.25) is 0 Å². The van der Waals surface area contributed by atoms with Gasteiger partial charge in [0.05, 0.1) is 11.5 Å². The molecule has 0 bridgehead atoms. The standard InChI is InChI=1S/C28H36N4O3/c1-21-10-8-9-13-23(21)28(19-26(34)32(27(28)35)16-14-29(2)3)18-25(33)31-17-15-30(4)20-24(31)22-11-6-5-7-12-22/h5-13,24H,14-20H2,1-4H3/t24-,28-/m1/s1.